The number of amides is 1. The van der Waals surface area contributed by atoms with E-state index in [1.807, 2.05) is 35.2 Å². The zero-order valence-corrected chi connectivity index (χ0v) is 20.8. The quantitative estimate of drug-likeness (QED) is 0.396. The van der Waals surface area contributed by atoms with Crippen molar-refractivity contribution in [1.29, 1.82) is 0 Å². The van der Waals surface area contributed by atoms with Crippen molar-refractivity contribution in [1.82, 2.24) is 15.8 Å². The first-order chi connectivity index (χ1) is 17.1. The van der Waals surface area contributed by atoms with Crippen LogP contribution in [0.3, 0.4) is 0 Å². The molecule has 2 aliphatic heterocycles. The van der Waals surface area contributed by atoms with Crippen LogP contribution in [0.25, 0.3) is 0 Å². The number of fused-ring (bicyclic) bond motifs is 1. The first kappa shape index (κ1) is 25.3. The Morgan fingerprint density at radius 2 is 1.77 bits per heavy atom. The van der Waals surface area contributed by atoms with Crippen LogP contribution in [0.1, 0.15) is 55.8 Å². The number of rotatable bonds is 12. The van der Waals surface area contributed by atoms with Gasteiger partial charge in [-0.3, -0.25) is 4.79 Å². The Hall–Kier alpha value is -2.81. The maximum atomic E-state index is 13.5. The number of phenolic OH excluding ortho intramolecular Hbond substituents is 1. The number of carbonyl (C=O) groups excluding carboxylic acids is 1. The van der Waals surface area contributed by atoms with Crippen molar-refractivity contribution >= 4 is 5.91 Å². The summed E-state index contributed by atoms with van der Waals surface area (Å²) < 4.78 is 16.9. The van der Waals surface area contributed by atoms with Gasteiger partial charge in [0.1, 0.15) is 11.8 Å². The van der Waals surface area contributed by atoms with Gasteiger partial charge in [-0.2, -0.15) is 0 Å². The van der Waals surface area contributed by atoms with Gasteiger partial charge in [0.25, 0.3) is 0 Å². The summed E-state index contributed by atoms with van der Waals surface area (Å²) in [4.78, 5) is 15.5. The third-order valence-electron chi connectivity index (χ3n) is 6.97. The lowest BCUT2D eigenvalue weighted by Gasteiger charge is -2.32. The molecule has 8 nitrogen and oxygen atoms in total. The van der Waals surface area contributed by atoms with E-state index >= 15 is 0 Å². The molecule has 3 N–H and O–H groups in total. The predicted molar refractivity (Wildman–Crippen MR) is 133 cm³/mol. The van der Waals surface area contributed by atoms with Crippen LogP contribution in [0.4, 0.5) is 0 Å². The third-order valence-corrected chi connectivity index (χ3v) is 6.97. The van der Waals surface area contributed by atoms with E-state index in [1.54, 1.807) is 26.4 Å². The fourth-order valence-corrected chi connectivity index (χ4v) is 5.27. The van der Waals surface area contributed by atoms with Crippen LogP contribution in [-0.4, -0.2) is 55.9 Å². The molecule has 190 valence electrons. The minimum atomic E-state index is -0.400. The lowest BCUT2D eigenvalue weighted by Crippen LogP contribution is -2.41. The molecule has 8 heteroatoms. The highest BCUT2D eigenvalue weighted by atomic mass is 16.5. The molecule has 2 heterocycles. The summed E-state index contributed by atoms with van der Waals surface area (Å²) in [6.45, 7) is 3.97. The highest BCUT2D eigenvalue weighted by Crippen LogP contribution is 2.49. The van der Waals surface area contributed by atoms with Crippen molar-refractivity contribution in [2.45, 2.75) is 50.7 Å². The van der Waals surface area contributed by atoms with Crippen molar-refractivity contribution in [3.63, 3.8) is 0 Å². The van der Waals surface area contributed by atoms with E-state index in [4.69, 9.17) is 14.2 Å². The number of nitrogens with one attached hydrogen (secondary N) is 2. The Morgan fingerprint density at radius 1 is 0.971 bits per heavy atom. The first-order valence-corrected chi connectivity index (χ1v) is 12.5. The second-order valence-corrected chi connectivity index (χ2v) is 9.17. The van der Waals surface area contributed by atoms with E-state index in [2.05, 4.69) is 17.8 Å². The fourth-order valence-electron chi connectivity index (χ4n) is 5.27. The normalized spacial score (nSPS) is 23.5. The van der Waals surface area contributed by atoms with Gasteiger partial charge in [-0.05, 0) is 36.6 Å². The number of hydrogen-bond acceptors (Lipinski definition) is 7. The van der Waals surface area contributed by atoms with Crippen LogP contribution in [0.15, 0.2) is 42.5 Å². The second kappa shape index (κ2) is 11.7. The summed E-state index contributed by atoms with van der Waals surface area (Å²) in [6, 6.07) is 12.4. The number of benzene rings is 2. The van der Waals surface area contributed by atoms with Crippen LogP contribution < -0.4 is 20.3 Å². The molecule has 2 aromatic rings. The average molecular weight is 484 g/mol. The Balaban J connectivity index is 1.67. The molecule has 0 bridgehead atoms. The monoisotopic (exact) mass is 483 g/mol. The second-order valence-electron chi connectivity index (χ2n) is 9.17. The van der Waals surface area contributed by atoms with Gasteiger partial charge in [-0.1, -0.05) is 44.0 Å². The number of methoxy groups -OCH3 is 2. The van der Waals surface area contributed by atoms with Gasteiger partial charge in [-0.15, -0.1) is 0 Å². The Morgan fingerprint density at radius 3 is 2.51 bits per heavy atom. The van der Waals surface area contributed by atoms with Crippen LogP contribution in [0.5, 0.6) is 17.2 Å². The number of hydrogen-bond donors (Lipinski definition) is 3. The van der Waals surface area contributed by atoms with E-state index in [0.29, 0.717) is 31.3 Å². The zero-order valence-electron chi connectivity index (χ0n) is 20.8. The predicted octanol–water partition coefficient (Wildman–Crippen LogP) is 3.72. The molecule has 35 heavy (non-hydrogen) atoms. The molecule has 0 radical (unpaired) electrons. The molecule has 0 spiro atoms. The molecular weight excluding hydrogens is 446 g/mol. The number of para-hydroxylation sites is 1. The van der Waals surface area contributed by atoms with Crippen molar-refractivity contribution in [2.75, 3.05) is 34.0 Å². The molecule has 1 amide bonds. The van der Waals surface area contributed by atoms with Crippen molar-refractivity contribution in [3.8, 4) is 17.2 Å². The Kier molecular flexibility index (Phi) is 8.49. The van der Waals surface area contributed by atoms with E-state index in [0.717, 1.165) is 36.8 Å². The van der Waals surface area contributed by atoms with E-state index in [1.165, 1.54) is 0 Å². The van der Waals surface area contributed by atoms with Crippen molar-refractivity contribution in [3.05, 3.63) is 53.6 Å². The molecule has 2 saturated heterocycles. The van der Waals surface area contributed by atoms with Crippen LogP contribution >= 0.6 is 0 Å². The molecule has 4 unspecified atom stereocenters. The molecule has 4 rings (SSSR count). The molecule has 2 fully saturated rings. The van der Waals surface area contributed by atoms with Gasteiger partial charge in [0.15, 0.2) is 11.5 Å². The number of aromatic hydroxyl groups is 1. The highest BCUT2D eigenvalue weighted by molar-refractivity contribution is 5.86. The molecule has 2 aliphatic rings. The zero-order chi connectivity index (χ0) is 24.8. The van der Waals surface area contributed by atoms with E-state index in [-0.39, 0.29) is 29.7 Å². The maximum absolute atomic E-state index is 13.5. The van der Waals surface area contributed by atoms with Gasteiger partial charge in [0.05, 0.1) is 25.8 Å². The summed E-state index contributed by atoms with van der Waals surface area (Å²) >= 11 is 0. The summed E-state index contributed by atoms with van der Waals surface area (Å²) in [5, 5.41) is 10.6. The average Bonchev–Trinajstić information content (AvgIpc) is 3.41. The number of ether oxygens (including phenoxy) is 3. The third kappa shape index (κ3) is 5.24. The van der Waals surface area contributed by atoms with Crippen LogP contribution in [0.2, 0.25) is 0 Å². The molecule has 0 aromatic heterocycles. The number of likely N-dealkylation sites (tertiary alicyclic amines) is 1. The lowest BCUT2D eigenvalue weighted by molar-refractivity contribution is -0.131. The largest absolute Gasteiger partial charge is 0.508 e. The first-order valence-electron chi connectivity index (χ1n) is 12.5. The van der Waals surface area contributed by atoms with E-state index < -0.39 is 6.04 Å². The number of phenols is 1. The summed E-state index contributed by atoms with van der Waals surface area (Å²) in [5.74, 6) is 1.49. The highest BCUT2D eigenvalue weighted by Gasteiger charge is 2.55. The molecule has 0 saturated carbocycles. The molecule has 4 atom stereocenters. The van der Waals surface area contributed by atoms with Crippen molar-refractivity contribution < 1.29 is 24.1 Å². The Bertz CT molecular complexity index is 1000. The van der Waals surface area contributed by atoms with E-state index in [9.17, 15) is 9.90 Å². The number of unbranched alkanes of at least 4 members (excludes halogenated alkanes) is 2. The van der Waals surface area contributed by atoms with Crippen molar-refractivity contribution in [2.24, 2.45) is 5.92 Å². The van der Waals surface area contributed by atoms with Gasteiger partial charge in [0, 0.05) is 31.7 Å². The smallest absolute Gasteiger partial charge is 0.242 e. The SMILES string of the molecule is CCCCCOc1ccc(C2C3C(NNC3c3ccccc3O)C(=O)N2CCCOC)cc1OC. The number of hydrazine groups is 1. The summed E-state index contributed by atoms with van der Waals surface area (Å²) in [6.07, 6.45) is 3.99. The fraction of sp³-hybridized carbons (Fsp3) is 0.519. The molecular formula is C27H37N3O5. The molecule has 0 aliphatic carbocycles. The standard InChI is InChI=1S/C27H37N3O5/c1-4-5-8-16-35-21-13-12-18(17-22(21)34-3)26-23-24(19-10-6-7-11-20(19)31)28-29-25(23)27(32)30(26)14-9-15-33-2/h6-7,10-13,17,23-26,28-29,31H,4-5,8-9,14-16H2,1-3H3. The minimum absolute atomic E-state index is 0.0420. The van der Waals surface area contributed by atoms with Gasteiger partial charge in [-0.25, -0.2) is 10.9 Å². The Labute approximate surface area is 207 Å². The number of carbonyl (C=O) groups is 1. The number of nitrogens with zero attached hydrogens (tertiary/aromatic N) is 1. The lowest BCUT2D eigenvalue weighted by atomic mass is 9.83. The van der Waals surface area contributed by atoms with Gasteiger partial charge < -0.3 is 24.2 Å². The van der Waals surface area contributed by atoms with Gasteiger partial charge >= 0.3 is 0 Å². The van der Waals surface area contributed by atoms with Crippen LogP contribution in [0, 0.1) is 5.92 Å². The topological polar surface area (TPSA) is 92.3 Å². The summed E-state index contributed by atoms with van der Waals surface area (Å²) in [7, 11) is 3.31. The van der Waals surface area contributed by atoms with Crippen LogP contribution in [-0.2, 0) is 9.53 Å². The van der Waals surface area contributed by atoms with Gasteiger partial charge in [0.2, 0.25) is 5.91 Å². The molecule has 2 aromatic carbocycles. The maximum Gasteiger partial charge on any atom is 0.242 e. The summed E-state index contributed by atoms with van der Waals surface area (Å²) in [5.41, 5.74) is 8.23. The minimum Gasteiger partial charge on any atom is -0.508 e.